The molecule has 0 spiro atoms. The lowest BCUT2D eigenvalue weighted by molar-refractivity contribution is 0.607. The monoisotopic (exact) mass is 283 g/mol. The van der Waals surface area contributed by atoms with Crippen molar-refractivity contribution in [2.24, 2.45) is 5.92 Å². The zero-order chi connectivity index (χ0) is 15.0. The molecule has 0 saturated heterocycles. The molecule has 0 aliphatic carbocycles. The lowest BCUT2D eigenvalue weighted by Gasteiger charge is -2.19. The van der Waals surface area contributed by atoms with E-state index in [-0.39, 0.29) is 0 Å². The Morgan fingerprint density at radius 1 is 1.29 bits per heavy atom. The topological polar surface area (TPSA) is 29.9 Å². The number of imidazole rings is 1. The molecule has 0 bridgehead atoms. The van der Waals surface area contributed by atoms with Crippen LogP contribution < -0.4 is 5.32 Å². The minimum atomic E-state index is 0.616. The van der Waals surface area contributed by atoms with Crippen molar-refractivity contribution >= 4 is 0 Å². The number of fused-ring (bicyclic) bond motifs is 1. The molecule has 2 heterocycles. The molecule has 112 valence electrons. The van der Waals surface area contributed by atoms with Gasteiger partial charge in [0.05, 0.1) is 11.4 Å². The van der Waals surface area contributed by atoms with Gasteiger partial charge < -0.3 is 9.88 Å². The molecule has 1 aliphatic heterocycles. The molecular formula is C18H25N3. The molecule has 3 nitrogen and oxygen atoms in total. The summed E-state index contributed by atoms with van der Waals surface area (Å²) in [7, 11) is 0. The quantitative estimate of drug-likeness (QED) is 0.936. The van der Waals surface area contributed by atoms with Crippen molar-refractivity contribution in [1.82, 2.24) is 14.9 Å². The van der Waals surface area contributed by atoms with Crippen LogP contribution in [0.15, 0.2) is 18.2 Å². The maximum absolute atomic E-state index is 4.94. The van der Waals surface area contributed by atoms with E-state index in [2.05, 4.69) is 55.8 Å². The zero-order valence-electron chi connectivity index (χ0n) is 13.5. The highest BCUT2D eigenvalue weighted by atomic mass is 15.1. The summed E-state index contributed by atoms with van der Waals surface area (Å²) in [5.74, 6) is 1.83. The number of hydrogen-bond acceptors (Lipinski definition) is 2. The number of rotatable bonds is 3. The largest absolute Gasteiger partial charge is 0.311 e. The maximum Gasteiger partial charge on any atom is 0.114 e. The lowest BCUT2D eigenvalue weighted by Crippen LogP contribution is -2.25. The van der Waals surface area contributed by atoms with E-state index in [0.717, 1.165) is 25.9 Å². The maximum atomic E-state index is 4.94. The first-order valence-corrected chi connectivity index (χ1v) is 7.94. The van der Waals surface area contributed by atoms with Crippen molar-refractivity contribution in [2.45, 2.75) is 47.1 Å². The van der Waals surface area contributed by atoms with Crippen LogP contribution in [0.4, 0.5) is 0 Å². The van der Waals surface area contributed by atoms with Crippen molar-refractivity contribution in [3.8, 4) is 5.69 Å². The summed E-state index contributed by atoms with van der Waals surface area (Å²) in [6.45, 7) is 10.8. The second-order valence-electron chi connectivity index (χ2n) is 6.57. The summed E-state index contributed by atoms with van der Waals surface area (Å²) in [4.78, 5) is 4.94. The smallest absolute Gasteiger partial charge is 0.114 e. The van der Waals surface area contributed by atoms with Gasteiger partial charge in [0, 0.05) is 31.6 Å². The van der Waals surface area contributed by atoms with Gasteiger partial charge >= 0.3 is 0 Å². The van der Waals surface area contributed by atoms with Crippen molar-refractivity contribution in [3.05, 3.63) is 46.5 Å². The van der Waals surface area contributed by atoms with Gasteiger partial charge in [-0.25, -0.2) is 4.98 Å². The first-order chi connectivity index (χ1) is 10.1. The van der Waals surface area contributed by atoms with Crippen molar-refractivity contribution in [3.63, 3.8) is 0 Å². The number of nitrogens with zero attached hydrogens (tertiary/aromatic N) is 2. The fourth-order valence-electron chi connectivity index (χ4n) is 3.11. The fraction of sp³-hybridized carbons (Fsp3) is 0.500. The number of hydrogen-bond donors (Lipinski definition) is 1. The third kappa shape index (κ3) is 2.75. The van der Waals surface area contributed by atoms with Gasteiger partial charge in [0.25, 0.3) is 0 Å². The summed E-state index contributed by atoms with van der Waals surface area (Å²) in [6, 6.07) is 6.70. The summed E-state index contributed by atoms with van der Waals surface area (Å²) >= 11 is 0. The van der Waals surface area contributed by atoms with Gasteiger partial charge in [0.2, 0.25) is 0 Å². The molecule has 0 radical (unpaired) electrons. The van der Waals surface area contributed by atoms with E-state index in [4.69, 9.17) is 4.98 Å². The molecule has 0 fully saturated rings. The second kappa shape index (κ2) is 5.64. The van der Waals surface area contributed by atoms with E-state index in [1.807, 2.05) is 0 Å². The number of aryl methyl sites for hydroxylation is 2. The Balaban J connectivity index is 2.19. The van der Waals surface area contributed by atoms with E-state index in [0.29, 0.717) is 5.92 Å². The minimum absolute atomic E-state index is 0.616. The van der Waals surface area contributed by atoms with Crippen LogP contribution in [0.25, 0.3) is 5.69 Å². The Morgan fingerprint density at radius 2 is 2.10 bits per heavy atom. The fourth-order valence-corrected chi connectivity index (χ4v) is 3.11. The molecule has 0 amide bonds. The van der Waals surface area contributed by atoms with E-state index in [9.17, 15) is 0 Å². The van der Waals surface area contributed by atoms with E-state index in [1.165, 1.54) is 34.0 Å². The molecule has 1 aromatic heterocycles. The van der Waals surface area contributed by atoms with Gasteiger partial charge in [-0.1, -0.05) is 26.0 Å². The molecule has 3 rings (SSSR count). The van der Waals surface area contributed by atoms with Gasteiger partial charge in [0.1, 0.15) is 5.82 Å². The summed E-state index contributed by atoms with van der Waals surface area (Å²) in [5.41, 5.74) is 6.57. The van der Waals surface area contributed by atoms with Crippen molar-refractivity contribution in [2.75, 3.05) is 6.54 Å². The Morgan fingerprint density at radius 3 is 2.86 bits per heavy atom. The van der Waals surface area contributed by atoms with Crippen LogP contribution in [0.2, 0.25) is 0 Å². The van der Waals surface area contributed by atoms with Crippen molar-refractivity contribution < 1.29 is 0 Å². The lowest BCUT2D eigenvalue weighted by atomic mass is 10.1. The molecule has 21 heavy (non-hydrogen) atoms. The van der Waals surface area contributed by atoms with Gasteiger partial charge in [-0.2, -0.15) is 0 Å². The van der Waals surface area contributed by atoms with Crippen LogP contribution in [0.1, 0.15) is 42.2 Å². The number of benzene rings is 1. The van der Waals surface area contributed by atoms with E-state index >= 15 is 0 Å². The Labute approximate surface area is 127 Å². The van der Waals surface area contributed by atoms with Crippen LogP contribution in [-0.4, -0.2) is 16.1 Å². The Hall–Kier alpha value is -1.61. The van der Waals surface area contributed by atoms with E-state index in [1.54, 1.807) is 0 Å². The standard InChI is InChI=1S/C18H25N3/c1-12(2)9-18-20-15-11-19-8-7-16(15)21(18)17-10-13(3)5-6-14(17)4/h5-6,10,12,19H,7-9,11H2,1-4H3. The van der Waals surface area contributed by atoms with Crippen molar-refractivity contribution in [1.29, 1.82) is 0 Å². The van der Waals surface area contributed by atoms with Crippen LogP contribution in [-0.2, 0) is 19.4 Å². The predicted molar refractivity (Wildman–Crippen MR) is 87.0 cm³/mol. The third-order valence-electron chi connectivity index (χ3n) is 4.15. The average Bonchev–Trinajstić information content (AvgIpc) is 2.78. The molecular weight excluding hydrogens is 258 g/mol. The SMILES string of the molecule is Cc1ccc(C)c(-n2c(CC(C)C)nc3c2CCNC3)c1. The van der Waals surface area contributed by atoms with Gasteiger partial charge in [-0.15, -0.1) is 0 Å². The molecule has 1 aliphatic rings. The summed E-state index contributed by atoms with van der Waals surface area (Å²) in [5, 5.41) is 3.44. The molecule has 1 aromatic carbocycles. The predicted octanol–water partition coefficient (Wildman–Crippen LogP) is 3.33. The van der Waals surface area contributed by atoms with Crippen LogP contribution in [0.3, 0.4) is 0 Å². The van der Waals surface area contributed by atoms with Crippen LogP contribution >= 0.6 is 0 Å². The molecule has 3 heteroatoms. The van der Waals surface area contributed by atoms with Crippen LogP contribution in [0, 0.1) is 19.8 Å². The first-order valence-electron chi connectivity index (χ1n) is 7.94. The second-order valence-corrected chi connectivity index (χ2v) is 6.57. The number of nitrogens with one attached hydrogen (secondary N) is 1. The Bertz CT molecular complexity index is 653. The molecule has 0 unspecified atom stereocenters. The van der Waals surface area contributed by atoms with Gasteiger partial charge in [-0.05, 0) is 37.0 Å². The van der Waals surface area contributed by atoms with Gasteiger partial charge in [0.15, 0.2) is 0 Å². The highest BCUT2D eigenvalue weighted by Gasteiger charge is 2.22. The highest BCUT2D eigenvalue weighted by molar-refractivity contribution is 5.46. The molecule has 0 saturated carbocycles. The van der Waals surface area contributed by atoms with Gasteiger partial charge in [-0.3, -0.25) is 0 Å². The summed E-state index contributed by atoms with van der Waals surface area (Å²) in [6.07, 6.45) is 2.09. The zero-order valence-corrected chi connectivity index (χ0v) is 13.5. The van der Waals surface area contributed by atoms with Crippen LogP contribution in [0.5, 0.6) is 0 Å². The highest BCUT2D eigenvalue weighted by Crippen LogP contribution is 2.26. The molecule has 0 atom stereocenters. The Kier molecular flexibility index (Phi) is 3.85. The first kappa shape index (κ1) is 14.3. The number of aromatic nitrogens is 2. The summed E-state index contributed by atoms with van der Waals surface area (Å²) < 4.78 is 2.43. The average molecular weight is 283 g/mol. The third-order valence-corrected chi connectivity index (χ3v) is 4.15. The molecule has 1 N–H and O–H groups in total. The van der Waals surface area contributed by atoms with E-state index < -0.39 is 0 Å². The molecule has 2 aromatic rings. The minimum Gasteiger partial charge on any atom is -0.311 e. The normalized spacial score (nSPS) is 14.5.